The number of amides is 2. The molecule has 1 heterocycles. The Kier molecular flexibility index (Phi) is 7.12. The lowest BCUT2D eigenvalue weighted by atomic mass is 9.94. The molecule has 0 fully saturated rings. The second-order valence-corrected chi connectivity index (χ2v) is 7.89. The van der Waals surface area contributed by atoms with E-state index in [1.807, 2.05) is 34.6 Å². The van der Waals surface area contributed by atoms with Crippen molar-refractivity contribution in [3.8, 4) is 23.0 Å². The molecule has 0 atom stereocenters. The molecule has 1 aliphatic heterocycles. The number of fused-ring (bicyclic) bond motifs is 1. The minimum Gasteiger partial charge on any atom is -0.490 e. The third-order valence-corrected chi connectivity index (χ3v) is 4.86. The summed E-state index contributed by atoms with van der Waals surface area (Å²) in [6.45, 7) is 10.7. The van der Waals surface area contributed by atoms with Crippen molar-refractivity contribution in [1.82, 2.24) is 0 Å². The molecule has 0 unspecified atom stereocenters. The van der Waals surface area contributed by atoms with Crippen LogP contribution in [0.1, 0.15) is 45.0 Å². The average molecular weight is 443 g/mol. The maximum Gasteiger partial charge on any atom is 0.255 e. The molecule has 32 heavy (non-hydrogen) atoms. The third-order valence-electron chi connectivity index (χ3n) is 4.86. The van der Waals surface area contributed by atoms with E-state index in [9.17, 15) is 9.59 Å². The monoisotopic (exact) mass is 442 g/mol. The highest BCUT2D eigenvalue weighted by molar-refractivity contribution is 6.06. The van der Waals surface area contributed by atoms with Gasteiger partial charge in [0.2, 0.25) is 11.7 Å². The number of nitrogens with one attached hydrogen (secondary N) is 2. The van der Waals surface area contributed by atoms with Gasteiger partial charge in [-0.05, 0) is 65.0 Å². The smallest absolute Gasteiger partial charge is 0.255 e. The highest BCUT2D eigenvalue weighted by atomic mass is 16.5. The van der Waals surface area contributed by atoms with Gasteiger partial charge >= 0.3 is 0 Å². The Morgan fingerprint density at radius 2 is 1.66 bits per heavy atom. The van der Waals surface area contributed by atoms with Crippen LogP contribution in [0.4, 0.5) is 11.4 Å². The molecule has 2 N–H and O–H groups in total. The van der Waals surface area contributed by atoms with E-state index in [1.54, 1.807) is 30.3 Å². The fourth-order valence-corrected chi connectivity index (χ4v) is 3.17. The molecule has 0 bridgehead atoms. The maximum absolute atomic E-state index is 13.0. The van der Waals surface area contributed by atoms with Gasteiger partial charge in [-0.1, -0.05) is 0 Å². The van der Waals surface area contributed by atoms with Gasteiger partial charge in [0.1, 0.15) is 12.4 Å². The number of anilines is 2. The first-order chi connectivity index (χ1) is 15.3. The molecule has 2 amide bonds. The molecule has 0 saturated heterocycles. The van der Waals surface area contributed by atoms with E-state index in [4.69, 9.17) is 18.9 Å². The zero-order chi connectivity index (χ0) is 23.3. The molecular weight excluding hydrogens is 412 g/mol. The molecule has 2 aromatic rings. The van der Waals surface area contributed by atoms with Gasteiger partial charge in [-0.15, -0.1) is 0 Å². The number of benzene rings is 2. The van der Waals surface area contributed by atoms with Crippen LogP contribution in [0.25, 0.3) is 0 Å². The summed E-state index contributed by atoms with van der Waals surface area (Å²) < 4.78 is 22.8. The van der Waals surface area contributed by atoms with Crippen LogP contribution in [-0.2, 0) is 4.79 Å². The number of hydrogen-bond acceptors (Lipinski definition) is 6. The summed E-state index contributed by atoms with van der Waals surface area (Å²) in [6, 6.07) is 8.38. The second kappa shape index (κ2) is 9.80. The average Bonchev–Trinajstić information content (AvgIpc) is 2.86. The summed E-state index contributed by atoms with van der Waals surface area (Å²) in [5.41, 5.74) is 0.727. The molecule has 1 aliphatic rings. The first kappa shape index (κ1) is 23.2. The van der Waals surface area contributed by atoms with Gasteiger partial charge in [-0.25, -0.2) is 0 Å². The van der Waals surface area contributed by atoms with E-state index in [-0.39, 0.29) is 18.4 Å². The number of hydrogen-bond donors (Lipinski definition) is 2. The van der Waals surface area contributed by atoms with Crippen LogP contribution in [0.2, 0.25) is 0 Å². The van der Waals surface area contributed by atoms with Crippen molar-refractivity contribution in [2.45, 2.75) is 34.6 Å². The molecule has 0 aromatic heterocycles. The summed E-state index contributed by atoms with van der Waals surface area (Å²) in [4.78, 5) is 25.4. The van der Waals surface area contributed by atoms with E-state index < -0.39 is 5.41 Å². The van der Waals surface area contributed by atoms with Crippen LogP contribution in [0.3, 0.4) is 0 Å². The van der Waals surface area contributed by atoms with Crippen LogP contribution < -0.4 is 29.6 Å². The summed E-state index contributed by atoms with van der Waals surface area (Å²) in [5.74, 6) is 1.41. The Morgan fingerprint density at radius 1 is 1.03 bits per heavy atom. The zero-order valence-electron chi connectivity index (χ0n) is 19.2. The van der Waals surface area contributed by atoms with Crippen molar-refractivity contribution in [3.63, 3.8) is 0 Å². The first-order valence-corrected chi connectivity index (χ1v) is 10.7. The molecule has 0 aliphatic carbocycles. The Morgan fingerprint density at radius 3 is 2.25 bits per heavy atom. The molecule has 2 aromatic carbocycles. The number of rotatable bonds is 8. The molecule has 0 saturated carbocycles. The van der Waals surface area contributed by atoms with Gasteiger partial charge in [0, 0.05) is 11.3 Å². The van der Waals surface area contributed by atoms with Gasteiger partial charge in [-0.2, -0.15) is 0 Å². The lowest BCUT2D eigenvalue weighted by Crippen LogP contribution is -2.33. The highest BCUT2D eigenvalue weighted by Gasteiger charge is 2.32. The zero-order valence-corrected chi connectivity index (χ0v) is 19.2. The molecular formula is C24H30N2O6. The van der Waals surface area contributed by atoms with E-state index in [2.05, 4.69) is 10.6 Å². The largest absolute Gasteiger partial charge is 0.490 e. The fourth-order valence-electron chi connectivity index (χ4n) is 3.17. The second-order valence-electron chi connectivity index (χ2n) is 7.89. The normalized spacial score (nSPS) is 14.3. The standard InChI is InChI=1S/C24H30N2O6/c1-6-29-19-11-15(12-20(30-7-2)21(19)31-8-3)22(27)25-16-9-10-18-17(13-16)26-23(28)24(4,5)14-32-18/h9-13H,6-8,14H2,1-5H3,(H,25,27)(H,26,28). The molecule has 8 heteroatoms. The van der Waals surface area contributed by atoms with Crippen molar-refractivity contribution >= 4 is 23.2 Å². The lowest BCUT2D eigenvalue weighted by Gasteiger charge is -2.18. The molecule has 3 rings (SSSR count). The summed E-state index contributed by atoms with van der Waals surface area (Å²) in [6.07, 6.45) is 0. The van der Waals surface area contributed by atoms with E-state index >= 15 is 0 Å². The topological polar surface area (TPSA) is 95.1 Å². The van der Waals surface area contributed by atoms with Crippen LogP contribution in [0.5, 0.6) is 23.0 Å². The van der Waals surface area contributed by atoms with Crippen molar-refractivity contribution in [1.29, 1.82) is 0 Å². The van der Waals surface area contributed by atoms with Gasteiger partial charge in [0.25, 0.3) is 5.91 Å². The predicted molar refractivity (Wildman–Crippen MR) is 122 cm³/mol. The van der Waals surface area contributed by atoms with Crippen LogP contribution in [-0.4, -0.2) is 38.2 Å². The van der Waals surface area contributed by atoms with Gasteiger partial charge in [0.15, 0.2) is 11.5 Å². The van der Waals surface area contributed by atoms with E-state index in [1.165, 1.54) is 0 Å². The van der Waals surface area contributed by atoms with E-state index in [0.717, 1.165) is 0 Å². The number of carbonyl (C=O) groups excluding carboxylic acids is 2. The van der Waals surface area contributed by atoms with Crippen molar-refractivity contribution in [3.05, 3.63) is 35.9 Å². The maximum atomic E-state index is 13.0. The van der Waals surface area contributed by atoms with Crippen molar-refractivity contribution < 1.29 is 28.5 Å². The molecule has 172 valence electrons. The Bertz CT molecular complexity index is 975. The van der Waals surface area contributed by atoms with Gasteiger partial charge in [-0.3, -0.25) is 9.59 Å². The van der Waals surface area contributed by atoms with Crippen molar-refractivity contribution in [2.24, 2.45) is 5.41 Å². The number of carbonyl (C=O) groups is 2. The summed E-state index contributed by atoms with van der Waals surface area (Å²) >= 11 is 0. The first-order valence-electron chi connectivity index (χ1n) is 10.7. The molecule has 0 spiro atoms. The minimum absolute atomic E-state index is 0.144. The molecule has 0 radical (unpaired) electrons. The van der Waals surface area contributed by atoms with Crippen molar-refractivity contribution in [2.75, 3.05) is 37.1 Å². The highest BCUT2D eigenvalue weighted by Crippen LogP contribution is 2.39. The van der Waals surface area contributed by atoms with Crippen LogP contribution >= 0.6 is 0 Å². The Hall–Kier alpha value is -3.42. The predicted octanol–water partition coefficient (Wildman–Crippen LogP) is 4.49. The number of ether oxygens (including phenoxy) is 4. The summed E-state index contributed by atoms with van der Waals surface area (Å²) in [5, 5.41) is 5.72. The quantitative estimate of drug-likeness (QED) is 0.625. The van der Waals surface area contributed by atoms with E-state index in [0.29, 0.717) is 59.8 Å². The van der Waals surface area contributed by atoms with Crippen LogP contribution in [0.15, 0.2) is 30.3 Å². The van der Waals surface area contributed by atoms with Crippen LogP contribution in [0, 0.1) is 5.41 Å². The minimum atomic E-state index is -0.657. The summed E-state index contributed by atoms with van der Waals surface area (Å²) in [7, 11) is 0. The lowest BCUT2D eigenvalue weighted by molar-refractivity contribution is -0.124. The third kappa shape index (κ3) is 5.07. The fraction of sp³-hybridized carbons (Fsp3) is 0.417. The van der Waals surface area contributed by atoms with Gasteiger partial charge < -0.3 is 29.6 Å². The molecule has 8 nitrogen and oxygen atoms in total. The Balaban J connectivity index is 1.88. The Labute approximate surface area is 188 Å². The SMILES string of the molecule is CCOc1cc(C(=O)Nc2ccc3c(c2)NC(=O)C(C)(C)CO3)cc(OCC)c1OCC. The van der Waals surface area contributed by atoms with Gasteiger partial charge in [0.05, 0.1) is 30.9 Å².